The van der Waals surface area contributed by atoms with E-state index >= 15 is 0 Å². The topological polar surface area (TPSA) is 27.8 Å². The first-order valence-corrected chi connectivity index (χ1v) is 6.07. The van der Waals surface area contributed by atoms with Crippen LogP contribution in [-0.4, -0.2) is 18.1 Å². The highest BCUT2D eigenvalue weighted by Crippen LogP contribution is 2.19. The molecule has 2 aromatic rings. The zero-order valence-electron chi connectivity index (χ0n) is 10.1. The van der Waals surface area contributed by atoms with Gasteiger partial charge in [-0.05, 0) is 31.5 Å². The molecule has 0 aliphatic carbocycles. The summed E-state index contributed by atoms with van der Waals surface area (Å²) in [4.78, 5) is 3.33. The summed E-state index contributed by atoms with van der Waals surface area (Å²) in [6, 6.07) is 9.09. The van der Waals surface area contributed by atoms with Gasteiger partial charge in [-0.3, -0.25) is 0 Å². The molecule has 2 heteroatoms. The van der Waals surface area contributed by atoms with Crippen molar-refractivity contribution in [2.45, 2.75) is 32.2 Å². The summed E-state index contributed by atoms with van der Waals surface area (Å²) in [6.07, 6.45) is 5.71. The zero-order chi connectivity index (χ0) is 11.4. The second-order valence-electron chi connectivity index (χ2n) is 4.34. The molecule has 2 rings (SSSR count). The van der Waals surface area contributed by atoms with Crippen molar-refractivity contribution in [1.29, 1.82) is 0 Å². The summed E-state index contributed by atoms with van der Waals surface area (Å²) in [6.45, 7) is 2.24. The number of H-pyrrole nitrogens is 1. The van der Waals surface area contributed by atoms with Crippen LogP contribution in [0.4, 0.5) is 0 Å². The number of benzene rings is 1. The molecule has 0 saturated heterocycles. The van der Waals surface area contributed by atoms with E-state index < -0.39 is 0 Å². The van der Waals surface area contributed by atoms with Gasteiger partial charge >= 0.3 is 0 Å². The standard InChI is InChI=1S/C14H20N2/c1-3-6-12(15-2)9-11-10-16-14-8-5-4-7-13(11)14/h4-5,7-8,10,12,15-16H,3,6,9H2,1-2H3/t12-/m1/s1. The lowest BCUT2D eigenvalue weighted by atomic mass is 10.0. The fraction of sp³-hybridized carbons (Fsp3) is 0.429. The van der Waals surface area contributed by atoms with Crippen molar-refractivity contribution < 1.29 is 0 Å². The Kier molecular flexibility index (Phi) is 3.62. The molecule has 1 aromatic carbocycles. The molecule has 86 valence electrons. The molecular weight excluding hydrogens is 196 g/mol. The number of aromatic nitrogens is 1. The third kappa shape index (κ3) is 2.27. The van der Waals surface area contributed by atoms with Gasteiger partial charge < -0.3 is 10.3 Å². The molecule has 2 N–H and O–H groups in total. The lowest BCUT2D eigenvalue weighted by molar-refractivity contribution is 0.515. The van der Waals surface area contributed by atoms with Crippen molar-refractivity contribution in [3.63, 3.8) is 0 Å². The average Bonchev–Trinajstić information content (AvgIpc) is 2.72. The highest BCUT2D eigenvalue weighted by Gasteiger charge is 2.09. The Labute approximate surface area is 97.1 Å². The molecule has 0 spiro atoms. The molecule has 0 saturated carbocycles. The Morgan fingerprint density at radius 3 is 2.88 bits per heavy atom. The van der Waals surface area contributed by atoms with Gasteiger partial charge in [-0.2, -0.15) is 0 Å². The Morgan fingerprint density at radius 2 is 2.12 bits per heavy atom. The molecule has 0 amide bonds. The van der Waals surface area contributed by atoms with Crippen molar-refractivity contribution >= 4 is 10.9 Å². The van der Waals surface area contributed by atoms with Gasteiger partial charge in [-0.1, -0.05) is 31.5 Å². The normalized spacial score (nSPS) is 13.1. The third-order valence-corrected chi connectivity index (χ3v) is 3.19. The summed E-state index contributed by atoms with van der Waals surface area (Å²) in [5.74, 6) is 0. The predicted octanol–water partition coefficient (Wildman–Crippen LogP) is 3.10. The molecule has 0 fully saturated rings. The molecule has 0 aliphatic rings. The van der Waals surface area contributed by atoms with Crippen LogP contribution in [0.5, 0.6) is 0 Å². The summed E-state index contributed by atoms with van der Waals surface area (Å²) < 4.78 is 0. The Morgan fingerprint density at radius 1 is 1.31 bits per heavy atom. The molecule has 0 aliphatic heterocycles. The van der Waals surface area contributed by atoms with Gasteiger partial charge in [-0.25, -0.2) is 0 Å². The number of hydrogen-bond donors (Lipinski definition) is 2. The van der Waals surface area contributed by atoms with Gasteiger partial charge in [-0.15, -0.1) is 0 Å². The van der Waals surface area contributed by atoms with Gasteiger partial charge in [0.1, 0.15) is 0 Å². The summed E-state index contributed by atoms with van der Waals surface area (Å²) >= 11 is 0. The van der Waals surface area contributed by atoms with Crippen molar-refractivity contribution in [1.82, 2.24) is 10.3 Å². The summed E-state index contributed by atoms with van der Waals surface area (Å²) in [5, 5.41) is 4.75. The summed E-state index contributed by atoms with van der Waals surface area (Å²) in [7, 11) is 2.05. The average molecular weight is 216 g/mol. The van der Waals surface area contributed by atoms with E-state index in [1.165, 1.54) is 29.3 Å². The monoisotopic (exact) mass is 216 g/mol. The van der Waals surface area contributed by atoms with E-state index in [2.05, 4.69) is 54.7 Å². The number of rotatable bonds is 5. The number of likely N-dealkylation sites (N-methyl/N-ethyl adjacent to an activating group) is 1. The van der Waals surface area contributed by atoms with Crippen LogP contribution < -0.4 is 5.32 Å². The van der Waals surface area contributed by atoms with Crippen molar-refractivity contribution in [3.05, 3.63) is 36.0 Å². The van der Waals surface area contributed by atoms with Crippen LogP contribution in [0.15, 0.2) is 30.5 Å². The number of fused-ring (bicyclic) bond motifs is 1. The van der Waals surface area contributed by atoms with Crippen LogP contribution in [-0.2, 0) is 6.42 Å². The molecule has 1 heterocycles. The predicted molar refractivity (Wildman–Crippen MR) is 69.8 cm³/mol. The van der Waals surface area contributed by atoms with Crippen LogP contribution >= 0.6 is 0 Å². The first-order chi connectivity index (χ1) is 7.85. The second-order valence-corrected chi connectivity index (χ2v) is 4.34. The minimum Gasteiger partial charge on any atom is -0.361 e. The number of hydrogen-bond acceptors (Lipinski definition) is 1. The second kappa shape index (κ2) is 5.17. The maximum atomic E-state index is 3.39. The minimum atomic E-state index is 0.587. The van der Waals surface area contributed by atoms with Gasteiger partial charge in [0.15, 0.2) is 0 Å². The Bertz CT molecular complexity index is 445. The molecular formula is C14H20N2. The van der Waals surface area contributed by atoms with E-state index in [0.717, 1.165) is 6.42 Å². The van der Waals surface area contributed by atoms with Crippen molar-refractivity contribution in [2.24, 2.45) is 0 Å². The van der Waals surface area contributed by atoms with Crippen molar-refractivity contribution in [3.8, 4) is 0 Å². The SMILES string of the molecule is CCC[C@H](Cc1c[nH]c2ccccc12)NC. The largest absolute Gasteiger partial charge is 0.361 e. The lowest BCUT2D eigenvalue weighted by Gasteiger charge is -2.14. The summed E-state index contributed by atoms with van der Waals surface area (Å²) in [5.41, 5.74) is 2.66. The first-order valence-electron chi connectivity index (χ1n) is 6.07. The van der Waals surface area contributed by atoms with Crippen molar-refractivity contribution in [2.75, 3.05) is 7.05 Å². The molecule has 2 nitrogen and oxygen atoms in total. The van der Waals surface area contributed by atoms with Crippen LogP contribution in [0.25, 0.3) is 10.9 Å². The van der Waals surface area contributed by atoms with Crippen LogP contribution in [0.1, 0.15) is 25.3 Å². The molecule has 0 unspecified atom stereocenters. The van der Waals surface area contributed by atoms with Crippen LogP contribution in [0.2, 0.25) is 0 Å². The van der Waals surface area contributed by atoms with Crippen LogP contribution in [0, 0.1) is 0 Å². The number of nitrogens with one attached hydrogen (secondary N) is 2. The van der Waals surface area contributed by atoms with E-state index in [-0.39, 0.29) is 0 Å². The smallest absolute Gasteiger partial charge is 0.0456 e. The Balaban J connectivity index is 2.20. The lowest BCUT2D eigenvalue weighted by Crippen LogP contribution is -2.27. The van der Waals surface area contributed by atoms with Gasteiger partial charge in [0.25, 0.3) is 0 Å². The maximum Gasteiger partial charge on any atom is 0.0456 e. The maximum absolute atomic E-state index is 3.39. The molecule has 0 radical (unpaired) electrons. The molecule has 16 heavy (non-hydrogen) atoms. The van der Waals surface area contributed by atoms with E-state index in [1.807, 2.05) is 0 Å². The first kappa shape index (κ1) is 11.2. The molecule has 0 bridgehead atoms. The minimum absolute atomic E-state index is 0.587. The van der Waals surface area contributed by atoms with Gasteiger partial charge in [0.2, 0.25) is 0 Å². The third-order valence-electron chi connectivity index (χ3n) is 3.19. The molecule has 1 aromatic heterocycles. The van der Waals surface area contributed by atoms with E-state index in [1.54, 1.807) is 0 Å². The fourth-order valence-corrected chi connectivity index (χ4v) is 2.26. The highest BCUT2D eigenvalue weighted by atomic mass is 14.9. The van der Waals surface area contributed by atoms with E-state index in [4.69, 9.17) is 0 Å². The zero-order valence-corrected chi connectivity index (χ0v) is 10.1. The van der Waals surface area contributed by atoms with Gasteiger partial charge in [0, 0.05) is 23.1 Å². The van der Waals surface area contributed by atoms with E-state index in [9.17, 15) is 0 Å². The van der Waals surface area contributed by atoms with Gasteiger partial charge in [0.05, 0.1) is 0 Å². The van der Waals surface area contributed by atoms with E-state index in [0.29, 0.717) is 6.04 Å². The van der Waals surface area contributed by atoms with Crippen LogP contribution in [0.3, 0.4) is 0 Å². The highest BCUT2D eigenvalue weighted by molar-refractivity contribution is 5.83. The number of aromatic amines is 1. The quantitative estimate of drug-likeness (QED) is 0.789. The Hall–Kier alpha value is -1.28. The molecule has 1 atom stereocenters. The fourth-order valence-electron chi connectivity index (χ4n) is 2.26. The number of para-hydroxylation sites is 1.